The van der Waals surface area contributed by atoms with E-state index in [9.17, 15) is 0 Å². The van der Waals surface area contributed by atoms with Crippen LogP contribution in [0.2, 0.25) is 0 Å². The minimum absolute atomic E-state index is 0.417. The van der Waals surface area contributed by atoms with Crippen LogP contribution in [0, 0.1) is 0 Å². The van der Waals surface area contributed by atoms with Crippen LogP contribution in [0.1, 0.15) is 0 Å². The summed E-state index contributed by atoms with van der Waals surface area (Å²) < 4.78 is 16.4. The molecule has 3 rings (SSSR count). The van der Waals surface area contributed by atoms with Gasteiger partial charge in [0.1, 0.15) is 6.33 Å². The van der Waals surface area contributed by atoms with Crippen molar-refractivity contribution < 1.29 is 14.2 Å². The van der Waals surface area contributed by atoms with Crippen molar-refractivity contribution in [1.29, 1.82) is 0 Å². The predicted octanol–water partition coefficient (Wildman–Crippen LogP) is 3.56. The number of pyridine rings is 1. The first-order valence-electron chi connectivity index (χ1n) is 6.79. The first-order valence-corrected chi connectivity index (χ1v) is 8.02. The molecule has 3 aromatic rings. The summed E-state index contributed by atoms with van der Waals surface area (Å²) in [7, 11) is 3.16. The van der Waals surface area contributed by atoms with E-state index in [2.05, 4.69) is 15.0 Å². The van der Waals surface area contributed by atoms with E-state index in [1.54, 1.807) is 50.4 Å². The van der Waals surface area contributed by atoms with Crippen LogP contribution in [0.25, 0.3) is 10.9 Å². The summed E-state index contributed by atoms with van der Waals surface area (Å²) in [6.45, 7) is 0. The first-order chi connectivity index (χ1) is 11.2. The number of benzene rings is 1. The molecule has 0 aliphatic carbocycles. The first kappa shape index (κ1) is 15.4. The van der Waals surface area contributed by atoms with Gasteiger partial charge in [-0.05, 0) is 18.4 Å². The van der Waals surface area contributed by atoms with Crippen LogP contribution in [-0.4, -0.2) is 35.4 Å². The topological polar surface area (TPSA) is 66.4 Å². The lowest BCUT2D eigenvalue weighted by Crippen LogP contribution is -1.96. The molecule has 0 saturated carbocycles. The zero-order valence-electron chi connectivity index (χ0n) is 12.9. The maximum atomic E-state index is 5.80. The lowest BCUT2D eigenvalue weighted by Gasteiger charge is -2.11. The lowest BCUT2D eigenvalue weighted by atomic mass is 10.2. The van der Waals surface area contributed by atoms with Crippen molar-refractivity contribution in [3.05, 3.63) is 36.8 Å². The zero-order valence-corrected chi connectivity index (χ0v) is 13.8. The van der Waals surface area contributed by atoms with E-state index < -0.39 is 0 Å². The van der Waals surface area contributed by atoms with Crippen LogP contribution in [0.5, 0.6) is 23.3 Å². The van der Waals surface area contributed by atoms with E-state index in [0.29, 0.717) is 28.8 Å². The maximum absolute atomic E-state index is 5.80. The number of aromatic nitrogens is 3. The Bertz CT molecular complexity index is 825. The lowest BCUT2D eigenvalue weighted by molar-refractivity contribution is 0.355. The molecule has 0 atom stereocenters. The monoisotopic (exact) mass is 329 g/mol. The fraction of sp³-hybridized carbons (Fsp3) is 0.188. The normalized spacial score (nSPS) is 10.6. The Hall–Kier alpha value is -2.54. The third kappa shape index (κ3) is 3.14. The highest BCUT2D eigenvalue weighted by atomic mass is 32.2. The number of rotatable bonds is 5. The maximum Gasteiger partial charge on any atom is 0.232 e. The Morgan fingerprint density at radius 2 is 1.74 bits per heavy atom. The van der Waals surface area contributed by atoms with Crippen molar-refractivity contribution in [2.45, 2.75) is 4.90 Å². The highest BCUT2D eigenvalue weighted by molar-refractivity contribution is 7.98. The number of hydrogen-bond donors (Lipinski definition) is 0. The zero-order chi connectivity index (χ0) is 16.2. The summed E-state index contributed by atoms with van der Waals surface area (Å²) in [6.07, 6.45) is 5.20. The highest BCUT2D eigenvalue weighted by Gasteiger charge is 2.12. The van der Waals surface area contributed by atoms with E-state index in [0.717, 1.165) is 10.3 Å². The van der Waals surface area contributed by atoms with Gasteiger partial charge in [-0.25, -0.2) is 15.0 Å². The molecule has 118 valence electrons. The molecule has 23 heavy (non-hydrogen) atoms. The van der Waals surface area contributed by atoms with Crippen LogP contribution in [0.15, 0.2) is 41.7 Å². The molecule has 0 N–H and O–H groups in total. The summed E-state index contributed by atoms with van der Waals surface area (Å²) in [4.78, 5) is 13.8. The number of methoxy groups -OCH3 is 2. The van der Waals surface area contributed by atoms with Crippen LogP contribution in [-0.2, 0) is 0 Å². The molecule has 0 unspecified atom stereocenters. The number of thioether (sulfide) groups is 1. The molecular weight excluding hydrogens is 314 g/mol. The molecule has 0 aliphatic heterocycles. The van der Waals surface area contributed by atoms with Crippen molar-refractivity contribution in [2.24, 2.45) is 0 Å². The standard InChI is InChI=1S/C16H15N3O3S/c1-20-13-6-11-12(7-14(13)21-2)18-9-19-16(11)22-15-5-4-10(23-3)8-17-15/h4-9H,1-3H3. The van der Waals surface area contributed by atoms with Crippen molar-refractivity contribution in [2.75, 3.05) is 20.5 Å². The molecule has 0 bridgehead atoms. The molecule has 2 heterocycles. The van der Waals surface area contributed by atoms with Crippen molar-refractivity contribution >= 4 is 22.7 Å². The van der Waals surface area contributed by atoms with Gasteiger partial charge in [-0.1, -0.05) is 0 Å². The molecule has 7 heteroatoms. The molecule has 0 amide bonds. The Kier molecular flexibility index (Phi) is 4.47. The number of fused-ring (bicyclic) bond motifs is 1. The van der Waals surface area contributed by atoms with Gasteiger partial charge >= 0.3 is 0 Å². The fourth-order valence-electron chi connectivity index (χ4n) is 2.09. The van der Waals surface area contributed by atoms with Gasteiger partial charge in [0.2, 0.25) is 11.8 Å². The predicted molar refractivity (Wildman–Crippen MR) is 88.7 cm³/mol. The highest BCUT2D eigenvalue weighted by Crippen LogP contribution is 2.35. The Morgan fingerprint density at radius 3 is 2.39 bits per heavy atom. The van der Waals surface area contributed by atoms with Crippen LogP contribution < -0.4 is 14.2 Å². The minimum atomic E-state index is 0.417. The SMILES string of the molecule is COc1cc2ncnc(Oc3ccc(SC)cn3)c2cc1OC. The second-order valence-corrected chi connectivity index (χ2v) is 5.42. The molecule has 1 aromatic carbocycles. The van der Waals surface area contributed by atoms with E-state index in [4.69, 9.17) is 14.2 Å². The van der Waals surface area contributed by atoms with Crippen LogP contribution in [0.4, 0.5) is 0 Å². The summed E-state index contributed by atoms with van der Waals surface area (Å²) in [5.41, 5.74) is 0.702. The average molecular weight is 329 g/mol. The van der Waals surface area contributed by atoms with E-state index in [-0.39, 0.29) is 0 Å². The van der Waals surface area contributed by atoms with Crippen LogP contribution in [0.3, 0.4) is 0 Å². The van der Waals surface area contributed by atoms with E-state index >= 15 is 0 Å². The summed E-state index contributed by atoms with van der Waals surface area (Å²) in [5.74, 6) is 2.08. The third-order valence-corrected chi connectivity index (χ3v) is 3.96. The molecule has 2 aromatic heterocycles. The molecule has 0 fully saturated rings. The van der Waals surface area contributed by atoms with Gasteiger partial charge in [-0.2, -0.15) is 0 Å². The van der Waals surface area contributed by atoms with E-state index in [1.807, 2.05) is 12.3 Å². The largest absolute Gasteiger partial charge is 0.493 e. The smallest absolute Gasteiger partial charge is 0.232 e. The van der Waals surface area contributed by atoms with Crippen molar-refractivity contribution in [1.82, 2.24) is 15.0 Å². The molecule has 0 saturated heterocycles. The summed E-state index contributed by atoms with van der Waals surface area (Å²) >= 11 is 1.62. The quantitative estimate of drug-likeness (QED) is 0.663. The molecular formula is C16H15N3O3S. The molecule has 6 nitrogen and oxygen atoms in total. The minimum Gasteiger partial charge on any atom is -0.493 e. The molecule has 0 radical (unpaired) electrons. The van der Waals surface area contributed by atoms with Crippen LogP contribution >= 0.6 is 11.8 Å². The van der Waals surface area contributed by atoms with Crippen molar-refractivity contribution in [3.63, 3.8) is 0 Å². The van der Waals surface area contributed by atoms with E-state index in [1.165, 1.54) is 6.33 Å². The van der Waals surface area contributed by atoms with Gasteiger partial charge < -0.3 is 14.2 Å². The molecule has 0 aliphatic rings. The average Bonchev–Trinajstić information content (AvgIpc) is 2.61. The Morgan fingerprint density at radius 1 is 0.957 bits per heavy atom. The van der Waals surface area contributed by atoms with Gasteiger partial charge in [0, 0.05) is 23.2 Å². The number of hydrogen-bond acceptors (Lipinski definition) is 7. The van der Waals surface area contributed by atoms with Gasteiger partial charge in [-0.15, -0.1) is 11.8 Å². The van der Waals surface area contributed by atoms with Gasteiger partial charge in [0.15, 0.2) is 11.5 Å². The van der Waals surface area contributed by atoms with Gasteiger partial charge in [0.05, 0.1) is 25.1 Å². The van der Waals surface area contributed by atoms with Gasteiger partial charge in [0.25, 0.3) is 0 Å². The summed E-state index contributed by atoms with van der Waals surface area (Å²) in [5, 5.41) is 0.723. The van der Waals surface area contributed by atoms with Gasteiger partial charge in [-0.3, -0.25) is 0 Å². The summed E-state index contributed by atoms with van der Waals surface area (Å²) in [6, 6.07) is 7.33. The fourth-order valence-corrected chi connectivity index (χ4v) is 2.45. The number of ether oxygens (including phenoxy) is 3. The number of nitrogens with zero attached hydrogens (tertiary/aromatic N) is 3. The van der Waals surface area contributed by atoms with Crippen molar-refractivity contribution in [3.8, 4) is 23.3 Å². The Labute approximate surface area is 137 Å². The third-order valence-electron chi connectivity index (χ3n) is 3.25. The Balaban J connectivity index is 2.02. The second-order valence-electron chi connectivity index (χ2n) is 4.54. The second kappa shape index (κ2) is 6.70. The molecule has 0 spiro atoms.